The summed E-state index contributed by atoms with van der Waals surface area (Å²) in [6.07, 6.45) is 8.52. The third-order valence-corrected chi connectivity index (χ3v) is 2.52. The minimum atomic E-state index is 0.785. The number of thioether (sulfide) groups is 1. The highest BCUT2D eigenvalue weighted by molar-refractivity contribution is 7.98. The lowest BCUT2D eigenvalue weighted by molar-refractivity contribution is 0.849. The van der Waals surface area contributed by atoms with Crippen LogP contribution in [0.15, 0.2) is 29.7 Å². The van der Waals surface area contributed by atoms with Gasteiger partial charge in [-0.1, -0.05) is 29.2 Å². The van der Waals surface area contributed by atoms with Gasteiger partial charge >= 0.3 is 0 Å². The van der Waals surface area contributed by atoms with Gasteiger partial charge in [0, 0.05) is 18.8 Å². The number of hydrogen-bond donors (Lipinski definition) is 0. The van der Waals surface area contributed by atoms with Gasteiger partial charge in [-0.05, 0) is 26.0 Å². The van der Waals surface area contributed by atoms with Crippen molar-refractivity contribution in [1.29, 1.82) is 0 Å². The van der Waals surface area contributed by atoms with Gasteiger partial charge in [0.1, 0.15) is 0 Å². The third kappa shape index (κ3) is 4.99. The van der Waals surface area contributed by atoms with Crippen molar-refractivity contribution in [3.8, 4) is 11.8 Å². The summed E-state index contributed by atoms with van der Waals surface area (Å²) in [5.74, 6) is 6.17. The van der Waals surface area contributed by atoms with E-state index in [0.717, 1.165) is 30.0 Å². The molecule has 0 N–H and O–H groups in total. The van der Waals surface area contributed by atoms with Crippen LogP contribution in [0.5, 0.6) is 0 Å². The molecule has 0 spiro atoms. The molecule has 1 rings (SSSR count). The average Bonchev–Trinajstić information content (AvgIpc) is 2.29. The van der Waals surface area contributed by atoms with Gasteiger partial charge in [0.05, 0.1) is 5.56 Å². The Morgan fingerprint density at radius 1 is 1.44 bits per heavy atom. The average molecular weight is 232 g/mol. The van der Waals surface area contributed by atoms with E-state index in [0.29, 0.717) is 0 Å². The minimum Gasteiger partial charge on any atom is -0.230 e. The Bertz CT molecular complexity index is 398. The number of rotatable bonds is 4. The molecule has 84 valence electrons. The van der Waals surface area contributed by atoms with E-state index in [2.05, 4.69) is 28.4 Å². The number of nitrogens with zero attached hydrogens (tertiary/aromatic N) is 2. The fourth-order valence-electron chi connectivity index (χ4n) is 1.13. The van der Waals surface area contributed by atoms with Gasteiger partial charge in [-0.15, -0.1) is 6.58 Å². The van der Waals surface area contributed by atoms with Crippen LogP contribution in [-0.2, 0) is 0 Å². The van der Waals surface area contributed by atoms with Crippen LogP contribution in [0, 0.1) is 11.8 Å². The second kappa shape index (κ2) is 7.08. The van der Waals surface area contributed by atoms with Gasteiger partial charge in [-0.3, -0.25) is 0 Å². The Hall–Kier alpha value is -1.27. The maximum atomic E-state index is 4.16. The van der Waals surface area contributed by atoms with Crippen LogP contribution in [-0.4, -0.2) is 16.2 Å². The van der Waals surface area contributed by atoms with Crippen LogP contribution in [0.2, 0.25) is 0 Å². The predicted molar refractivity (Wildman–Crippen MR) is 69.4 cm³/mol. The molecule has 1 aromatic heterocycles. The minimum absolute atomic E-state index is 0.785. The smallest absolute Gasteiger partial charge is 0.187 e. The number of unbranched alkanes of at least 4 members (excludes halogenated alkanes) is 1. The van der Waals surface area contributed by atoms with E-state index < -0.39 is 0 Å². The van der Waals surface area contributed by atoms with E-state index in [9.17, 15) is 0 Å². The molecule has 0 aliphatic rings. The van der Waals surface area contributed by atoms with Crippen molar-refractivity contribution in [3.63, 3.8) is 0 Å². The molecule has 0 aromatic carbocycles. The zero-order chi connectivity index (χ0) is 11.8. The molecule has 0 radical (unpaired) electrons. The zero-order valence-electron chi connectivity index (χ0n) is 9.79. The highest BCUT2D eigenvalue weighted by atomic mass is 32.2. The second-order valence-corrected chi connectivity index (χ2v) is 4.34. The molecule has 0 amide bonds. The highest BCUT2D eigenvalue weighted by Gasteiger charge is 1.92. The second-order valence-electron chi connectivity index (χ2n) is 3.57. The number of allylic oxidation sites excluding steroid dienone is 1. The molecule has 0 unspecified atom stereocenters. The van der Waals surface area contributed by atoms with Crippen LogP contribution >= 0.6 is 11.8 Å². The molecule has 1 aromatic rings. The predicted octanol–water partition coefficient (Wildman–Crippen LogP) is 3.30. The van der Waals surface area contributed by atoms with Crippen LogP contribution in [0.1, 0.15) is 31.7 Å². The summed E-state index contributed by atoms with van der Waals surface area (Å²) in [5.41, 5.74) is 2.10. The van der Waals surface area contributed by atoms with Crippen LogP contribution in [0.4, 0.5) is 0 Å². The maximum Gasteiger partial charge on any atom is 0.187 e. The molecular formula is C13H16N2S. The maximum absolute atomic E-state index is 4.16. The summed E-state index contributed by atoms with van der Waals surface area (Å²) >= 11 is 1.53. The van der Waals surface area contributed by atoms with E-state index in [4.69, 9.17) is 0 Å². The van der Waals surface area contributed by atoms with Crippen molar-refractivity contribution in [2.24, 2.45) is 0 Å². The first-order chi connectivity index (χ1) is 7.72. The molecule has 1 heterocycles. The highest BCUT2D eigenvalue weighted by Crippen LogP contribution is 2.06. The molecule has 0 bridgehead atoms. The largest absolute Gasteiger partial charge is 0.230 e. The Balaban J connectivity index is 2.41. The van der Waals surface area contributed by atoms with E-state index >= 15 is 0 Å². The first-order valence-electron chi connectivity index (χ1n) is 5.21. The molecule has 0 aliphatic heterocycles. The number of aromatic nitrogens is 2. The Morgan fingerprint density at radius 2 is 2.12 bits per heavy atom. The summed E-state index contributed by atoms with van der Waals surface area (Å²) in [6, 6.07) is 0. The topological polar surface area (TPSA) is 25.8 Å². The van der Waals surface area contributed by atoms with Crippen LogP contribution in [0.3, 0.4) is 0 Å². The van der Waals surface area contributed by atoms with Gasteiger partial charge in [-0.25, -0.2) is 9.97 Å². The van der Waals surface area contributed by atoms with Crippen LogP contribution < -0.4 is 0 Å². The lowest BCUT2D eigenvalue weighted by Gasteiger charge is -1.94. The molecule has 0 aliphatic carbocycles. The molecule has 3 heteroatoms. The van der Waals surface area contributed by atoms with E-state index in [1.54, 1.807) is 12.4 Å². The van der Waals surface area contributed by atoms with Gasteiger partial charge in [0.15, 0.2) is 5.16 Å². The molecule has 0 fully saturated rings. The Labute approximate surface area is 102 Å². The molecule has 0 saturated heterocycles. The zero-order valence-corrected chi connectivity index (χ0v) is 10.6. The summed E-state index contributed by atoms with van der Waals surface area (Å²) < 4.78 is 0. The van der Waals surface area contributed by atoms with Crippen molar-refractivity contribution in [2.45, 2.75) is 31.3 Å². The van der Waals surface area contributed by atoms with Crippen molar-refractivity contribution in [2.75, 3.05) is 6.26 Å². The standard InChI is InChI=1S/C13H16N2S/c1-11(2)7-5-4-6-8-12-9-14-13(16-3)15-10-12/h9-10H,1,4-5,7H2,2-3H3. The quantitative estimate of drug-likeness (QED) is 0.262. The van der Waals surface area contributed by atoms with E-state index in [-0.39, 0.29) is 0 Å². The van der Waals surface area contributed by atoms with Crippen molar-refractivity contribution >= 4 is 11.8 Å². The van der Waals surface area contributed by atoms with Crippen LogP contribution in [0.25, 0.3) is 0 Å². The lowest BCUT2D eigenvalue weighted by Crippen LogP contribution is -1.86. The van der Waals surface area contributed by atoms with E-state index in [1.165, 1.54) is 17.3 Å². The molecule has 16 heavy (non-hydrogen) atoms. The fraction of sp³-hybridized carbons (Fsp3) is 0.385. The third-order valence-electron chi connectivity index (χ3n) is 1.95. The molecule has 2 nitrogen and oxygen atoms in total. The molecular weight excluding hydrogens is 216 g/mol. The monoisotopic (exact) mass is 232 g/mol. The summed E-state index contributed by atoms with van der Waals surface area (Å²) in [7, 11) is 0. The van der Waals surface area contributed by atoms with Gasteiger partial charge in [0.25, 0.3) is 0 Å². The van der Waals surface area contributed by atoms with Gasteiger partial charge < -0.3 is 0 Å². The Kier molecular flexibility index (Phi) is 5.66. The SMILES string of the molecule is C=C(C)CCCC#Cc1cnc(SC)nc1. The molecule has 0 saturated carbocycles. The van der Waals surface area contributed by atoms with Gasteiger partial charge in [0.2, 0.25) is 0 Å². The molecule has 0 atom stereocenters. The Morgan fingerprint density at radius 3 is 2.69 bits per heavy atom. The van der Waals surface area contributed by atoms with Gasteiger partial charge in [-0.2, -0.15) is 0 Å². The normalized spacial score (nSPS) is 9.38. The first-order valence-corrected chi connectivity index (χ1v) is 6.44. The first kappa shape index (κ1) is 12.8. The number of hydrogen-bond acceptors (Lipinski definition) is 3. The summed E-state index contributed by atoms with van der Waals surface area (Å²) in [4.78, 5) is 8.32. The summed E-state index contributed by atoms with van der Waals surface area (Å²) in [5, 5.41) is 0.785. The van der Waals surface area contributed by atoms with Crippen molar-refractivity contribution in [3.05, 3.63) is 30.1 Å². The van der Waals surface area contributed by atoms with Crippen molar-refractivity contribution < 1.29 is 0 Å². The fourth-order valence-corrected chi connectivity index (χ4v) is 1.45. The lowest BCUT2D eigenvalue weighted by atomic mass is 10.1. The van der Waals surface area contributed by atoms with E-state index in [1.807, 2.05) is 13.2 Å². The van der Waals surface area contributed by atoms with Crippen molar-refractivity contribution in [1.82, 2.24) is 9.97 Å². The summed E-state index contributed by atoms with van der Waals surface area (Å²) in [6.45, 7) is 5.90.